The molecule has 0 fully saturated rings. The Labute approximate surface area is 242 Å². The van der Waals surface area contributed by atoms with Crippen molar-refractivity contribution in [1.82, 2.24) is 14.8 Å². The first-order valence-electron chi connectivity index (χ1n) is 13.3. The molecular weight excluding hydrogens is 534 g/mol. The predicted molar refractivity (Wildman–Crippen MR) is 158 cm³/mol. The van der Waals surface area contributed by atoms with Crippen molar-refractivity contribution in [2.24, 2.45) is 0 Å². The van der Waals surface area contributed by atoms with Crippen LogP contribution in [0, 0.1) is 0 Å². The molecule has 3 aromatic carbocycles. The van der Waals surface area contributed by atoms with E-state index < -0.39 is 6.04 Å². The van der Waals surface area contributed by atoms with Crippen LogP contribution in [0.15, 0.2) is 107 Å². The molecule has 2 N–H and O–H groups in total. The minimum atomic E-state index is -0.649. The molecule has 3 heterocycles. The summed E-state index contributed by atoms with van der Waals surface area (Å²) in [5, 5.41) is 11.0. The van der Waals surface area contributed by atoms with Crippen molar-refractivity contribution in [1.29, 1.82) is 0 Å². The number of hydrogen-bond donors (Lipinski definition) is 2. The topological polar surface area (TPSA) is 113 Å². The smallest absolute Gasteiger partial charge is 0.255 e. The van der Waals surface area contributed by atoms with Gasteiger partial charge in [-0.3, -0.25) is 4.79 Å². The van der Waals surface area contributed by atoms with E-state index in [0.717, 1.165) is 11.1 Å². The third-order valence-corrected chi connectivity index (χ3v) is 6.93. The first kappa shape index (κ1) is 26.7. The van der Waals surface area contributed by atoms with Crippen LogP contribution in [0.1, 0.15) is 24.1 Å². The number of hydrogen-bond acceptors (Lipinski definition) is 8. The second kappa shape index (κ2) is 11.5. The summed E-state index contributed by atoms with van der Waals surface area (Å²) < 4.78 is 24.5. The summed E-state index contributed by atoms with van der Waals surface area (Å²) in [7, 11) is 3.15. The molecule has 5 aromatic rings. The standard InChI is InChI=1S/C32H29N5O5/c1-20-28(31(38)34-23-12-7-8-13-24(23)39-2)29(37-32(33-20)35-30(36-37)26-14-9-17-41-26)22-15-16-25(27(18-22)40-3)42-19-21-10-5-4-6-11-21/h4-18,29H,19H2,1-3H3,(H,34,38)(H,33,35,36). The average Bonchev–Trinajstić information content (AvgIpc) is 3.70. The number of ether oxygens (including phenoxy) is 3. The zero-order chi connectivity index (χ0) is 29.1. The number of nitrogens with one attached hydrogen (secondary N) is 2. The highest BCUT2D eigenvalue weighted by Gasteiger charge is 2.35. The fourth-order valence-corrected chi connectivity index (χ4v) is 4.91. The molecule has 0 saturated heterocycles. The second-order valence-corrected chi connectivity index (χ2v) is 9.59. The SMILES string of the molecule is COc1ccccc1NC(=O)C1=C(C)Nc2nc(-c3ccco3)nn2C1c1ccc(OCc2ccccc2)c(OC)c1. The number of rotatable bonds is 9. The van der Waals surface area contributed by atoms with E-state index in [2.05, 4.69) is 15.6 Å². The zero-order valence-corrected chi connectivity index (χ0v) is 23.3. The molecule has 0 radical (unpaired) electrons. The number of para-hydroxylation sites is 2. The van der Waals surface area contributed by atoms with Gasteiger partial charge in [-0.2, -0.15) is 4.98 Å². The van der Waals surface area contributed by atoms with E-state index in [1.165, 1.54) is 0 Å². The summed E-state index contributed by atoms with van der Waals surface area (Å²) in [4.78, 5) is 18.6. The highest BCUT2D eigenvalue weighted by atomic mass is 16.5. The maximum absolute atomic E-state index is 14.0. The van der Waals surface area contributed by atoms with Crippen molar-refractivity contribution >= 4 is 17.5 Å². The number of aromatic nitrogens is 3. The molecule has 10 heteroatoms. The fraction of sp³-hybridized carbons (Fsp3) is 0.156. The maximum Gasteiger partial charge on any atom is 0.255 e. The van der Waals surface area contributed by atoms with Crippen LogP contribution in [0.4, 0.5) is 11.6 Å². The monoisotopic (exact) mass is 563 g/mol. The number of amides is 1. The van der Waals surface area contributed by atoms with Gasteiger partial charge >= 0.3 is 0 Å². The molecule has 10 nitrogen and oxygen atoms in total. The molecule has 1 atom stereocenters. The van der Waals surface area contributed by atoms with Gasteiger partial charge in [-0.25, -0.2) is 4.68 Å². The van der Waals surface area contributed by atoms with E-state index in [9.17, 15) is 4.79 Å². The van der Waals surface area contributed by atoms with Gasteiger partial charge in [0.1, 0.15) is 18.4 Å². The lowest BCUT2D eigenvalue weighted by molar-refractivity contribution is -0.113. The van der Waals surface area contributed by atoms with Gasteiger partial charge < -0.3 is 29.3 Å². The van der Waals surface area contributed by atoms with E-state index in [4.69, 9.17) is 23.7 Å². The fourth-order valence-electron chi connectivity index (χ4n) is 4.91. The van der Waals surface area contributed by atoms with Crippen LogP contribution in [0.5, 0.6) is 17.2 Å². The molecule has 1 aliphatic rings. The second-order valence-electron chi connectivity index (χ2n) is 9.59. The minimum absolute atomic E-state index is 0.321. The number of methoxy groups -OCH3 is 2. The number of benzene rings is 3. The highest BCUT2D eigenvalue weighted by molar-refractivity contribution is 6.06. The van der Waals surface area contributed by atoms with Gasteiger partial charge in [0.2, 0.25) is 11.8 Å². The van der Waals surface area contributed by atoms with E-state index in [1.54, 1.807) is 49.4 Å². The first-order chi connectivity index (χ1) is 20.6. The Morgan fingerprint density at radius 1 is 0.952 bits per heavy atom. The Bertz CT molecular complexity index is 1740. The maximum atomic E-state index is 14.0. The van der Waals surface area contributed by atoms with Crippen LogP contribution in [0.25, 0.3) is 11.6 Å². The van der Waals surface area contributed by atoms with Gasteiger partial charge in [-0.15, -0.1) is 5.10 Å². The number of allylic oxidation sites excluding steroid dienone is 1. The van der Waals surface area contributed by atoms with Crippen molar-refractivity contribution < 1.29 is 23.4 Å². The zero-order valence-electron chi connectivity index (χ0n) is 23.3. The van der Waals surface area contributed by atoms with E-state index in [0.29, 0.717) is 58.3 Å². The summed E-state index contributed by atoms with van der Waals surface area (Å²) in [6.07, 6.45) is 1.56. The van der Waals surface area contributed by atoms with Crippen LogP contribution >= 0.6 is 0 Å². The average molecular weight is 564 g/mol. The molecule has 1 aliphatic heterocycles. The summed E-state index contributed by atoms with van der Waals surface area (Å²) in [6.45, 7) is 2.22. The Morgan fingerprint density at radius 2 is 1.74 bits per heavy atom. The van der Waals surface area contributed by atoms with Crippen molar-refractivity contribution in [2.75, 3.05) is 24.9 Å². The Morgan fingerprint density at radius 3 is 2.50 bits per heavy atom. The highest BCUT2D eigenvalue weighted by Crippen LogP contribution is 2.40. The number of carbonyl (C=O) groups is 1. The van der Waals surface area contributed by atoms with Gasteiger partial charge in [0, 0.05) is 5.70 Å². The molecule has 0 aliphatic carbocycles. The molecule has 42 heavy (non-hydrogen) atoms. The van der Waals surface area contributed by atoms with Crippen LogP contribution in [0.2, 0.25) is 0 Å². The van der Waals surface area contributed by atoms with Gasteiger partial charge in [0.15, 0.2) is 17.3 Å². The van der Waals surface area contributed by atoms with Gasteiger partial charge in [0.25, 0.3) is 5.91 Å². The molecule has 0 bridgehead atoms. The predicted octanol–water partition coefficient (Wildman–Crippen LogP) is 6.06. The first-order valence-corrected chi connectivity index (χ1v) is 13.3. The Hall–Kier alpha value is -5.51. The minimum Gasteiger partial charge on any atom is -0.495 e. The summed E-state index contributed by atoms with van der Waals surface area (Å²) in [6, 6.07) is 25.7. The molecule has 1 unspecified atom stereocenters. The Kier molecular flexibility index (Phi) is 7.33. The van der Waals surface area contributed by atoms with E-state index >= 15 is 0 Å². The molecule has 0 spiro atoms. The molecule has 6 rings (SSSR count). The lowest BCUT2D eigenvalue weighted by atomic mass is 9.94. The van der Waals surface area contributed by atoms with Gasteiger partial charge in [0.05, 0.1) is 31.7 Å². The van der Waals surface area contributed by atoms with Gasteiger partial charge in [-0.1, -0.05) is 48.5 Å². The van der Waals surface area contributed by atoms with Crippen molar-refractivity contribution in [3.8, 4) is 28.8 Å². The van der Waals surface area contributed by atoms with Gasteiger partial charge in [-0.05, 0) is 54.4 Å². The number of fused-ring (bicyclic) bond motifs is 1. The number of furan rings is 1. The quantitative estimate of drug-likeness (QED) is 0.223. The van der Waals surface area contributed by atoms with E-state index in [-0.39, 0.29) is 5.91 Å². The third-order valence-electron chi connectivity index (χ3n) is 6.93. The summed E-state index contributed by atoms with van der Waals surface area (Å²) in [5.41, 5.74) is 3.41. The third kappa shape index (κ3) is 5.17. The Balaban J connectivity index is 1.40. The number of carbonyl (C=O) groups excluding carboxylic acids is 1. The van der Waals surface area contributed by atoms with Crippen LogP contribution in [0.3, 0.4) is 0 Å². The van der Waals surface area contributed by atoms with Crippen molar-refractivity contribution in [3.63, 3.8) is 0 Å². The molecule has 212 valence electrons. The lowest BCUT2D eigenvalue weighted by Crippen LogP contribution is -2.31. The van der Waals surface area contributed by atoms with Crippen LogP contribution in [-0.2, 0) is 11.4 Å². The molecule has 1 amide bonds. The largest absolute Gasteiger partial charge is 0.495 e. The van der Waals surface area contributed by atoms with Crippen molar-refractivity contribution in [2.45, 2.75) is 19.6 Å². The molecule has 2 aromatic heterocycles. The normalized spacial score (nSPS) is 14.1. The van der Waals surface area contributed by atoms with Crippen LogP contribution in [-0.4, -0.2) is 34.9 Å². The molecule has 0 saturated carbocycles. The number of nitrogens with zero attached hydrogens (tertiary/aromatic N) is 3. The molecular formula is C32H29N5O5. The summed E-state index contributed by atoms with van der Waals surface area (Å²) in [5.74, 6) is 2.71. The van der Waals surface area contributed by atoms with E-state index in [1.807, 2.05) is 67.6 Å². The van der Waals surface area contributed by atoms with Crippen molar-refractivity contribution in [3.05, 3.63) is 114 Å². The summed E-state index contributed by atoms with van der Waals surface area (Å²) >= 11 is 0. The lowest BCUT2D eigenvalue weighted by Gasteiger charge is -2.29. The van der Waals surface area contributed by atoms with Crippen LogP contribution < -0.4 is 24.8 Å². The number of anilines is 2.